The SMILES string of the molecule is O=C(CCC/C=C\C[C@@H]1[C@@H](/C=C/[C@@H](O)COc2cccc(Cl)c2)[C@H](O)C[C@@H]1O)NCCN1CCN(CCCO[N+](=O)[O-])CC1. The van der Waals surface area contributed by atoms with Crippen LogP contribution in [0.3, 0.4) is 0 Å². The van der Waals surface area contributed by atoms with E-state index in [4.69, 9.17) is 16.3 Å². The second-order valence-electron chi connectivity index (χ2n) is 11.4. The summed E-state index contributed by atoms with van der Waals surface area (Å²) in [6.45, 7) is 5.94. The molecule has 2 aliphatic rings. The minimum atomic E-state index is -0.867. The molecule has 246 valence electrons. The summed E-state index contributed by atoms with van der Waals surface area (Å²) in [5, 5.41) is 44.2. The van der Waals surface area contributed by atoms with Crippen molar-refractivity contribution in [1.29, 1.82) is 0 Å². The van der Waals surface area contributed by atoms with E-state index in [2.05, 4.69) is 20.0 Å². The van der Waals surface area contributed by atoms with Crippen molar-refractivity contribution in [2.75, 3.05) is 59.0 Å². The fraction of sp³-hybridized carbons (Fsp3) is 0.645. The minimum absolute atomic E-state index is 0.0280. The number of allylic oxidation sites excluding steroid dienone is 2. The summed E-state index contributed by atoms with van der Waals surface area (Å²) >= 11 is 5.95. The van der Waals surface area contributed by atoms with Crippen molar-refractivity contribution in [2.45, 2.75) is 56.8 Å². The molecular formula is C31H47ClN4O8. The number of nitrogens with one attached hydrogen (secondary N) is 1. The highest BCUT2D eigenvalue weighted by molar-refractivity contribution is 6.30. The number of halogens is 1. The van der Waals surface area contributed by atoms with Gasteiger partial charge in [-0.2, -0.15) is 0 Å². The third-order valence-electron chi connectivity index (χ3n) is 8.07. The lowest BCUT2D eigenvalue weighted by molar-refractivity contribution is -0.757. The first-order valence-electron chi connectivity index (χ1n) is 15.5. The highest BCUT2D eigenvalue weighted by atomic mass is 35.5. The zero-order valence-electron chi connectivity index (χ0n) is 25.2. The fourth-order valence-electron chi connectivity index (χ4n) is 5.61. The van der Waals surface area contributed by atoms with Crippen molar-refractivity contribution in [1.82, 2.24) is 15.1 Å². The van der Waals surface area contributed by atoms with Gasteiger partial charge in [0.05, 0.1) is 18.8 Å². The van der Waals surface area contributed by atoms with Crippen LogP contribution in [0.2, 0.25) is 5.02 Å². The van der Waals surface area contributed by atoms with Gasteiger partial charge in [-0.05, 0) is 49.8 Å². The van der Waals surface area contributed by atoms with E-state index in [1.807, 2.05) is 12.2 Å². The van der Waals surface area contributed by atoms with Crippen LogP contribution in [0.15, 0.2) is 48.6 Å². The third kappa shape index (κ3) is 13.5. The normalized spacial score (nSPS) is 23.7. The van der Waals surface area contributed by atoms with Crippen LogP contribution in [0.4, 0.5) is 0 Å². The molecule has 12 nitrogen and oxygen atoms in total. The molecular weight excluding hydrogens is 592 g/mol. The van der Waals surface area contributed by atoms with E-state index in [0.29, 0.717) is 43.0 Å². The largest absolute Gasteiger partial charge is 0.491 e. The standard InChI is InChI=1S/C31H47ClN4O8/c32-24-7-5-8-26(21-24)43-23-25(37)11-12-28-27(29(38)22-30(28)39)9-3-1-2-4-10-31(40)33-13-15-35-18-16-34(17-19-35)14-6-20-44-36(41)42/h1,3,5,7-8,11-12,21,25,27-30,37-39H,2,4,6,9-10,13-20,22-23H2,(H,33,40)/b3-1-,12-11+/t25-,27-,28-,29+,30-/m1/s1. The van der Waals surface area contributed by atoms with Crippen molar-refractivity contribution in [3.63, 3.8) is 0 Å². The average molecular weight is 639 g/mol. The van der Waals surface area contributed by atoms with Crippen molar-refractivity contribution < 1.29 is 34.8 Å². The minimum Gasteiger partial charge on any atom is -0.491 e. The second-order valence-corrected chi connectivity index (χ2v) is 11.8. The van der Waals surface area contributed by atoms with Crippen LogP contribution < -0.4 is 10.1 Å². The Kier molecular flexibility index (Phi) is 15.9. The van der Waals surface area contributed by atoms with E-state index >= 15 is 0 Å². The fourth-order valence-corrected chi connectivity index (χ4v) is 5.79. The van der Waals surface area contributed by atoms with Crippen LogP contribution >= 0.6 is 11.6 Å². The van der Waals surface area contributed by atoms with Gasteiger partial charge in [0, 0.05) is 69.6 Å². The first kappa shape index (κ1) is 35.7. The Bertz CT molecular complexity index is 1070. The summed E-state index contributed by atoms with van der Waals surface area (Å²) in [4.78, 5) is 31.4. The first-order valence-corrected chi connectivity index (χ1v) is 15.8. The molecule has 1 aliphatic heterocycles. The molecule has 0 unspecified atom stereocenters. The van der Waals surface area contributed by atoms with Gasteiger partial charge >= 0.3 is 0 Å². The van der Waals surface area contributed by atoms with Crippen LogP contribution in [0.25, 0.3) is 0 Å². The number of amides is 1. The van der Waals surface area contributed by atoms with Gasteiger partial charge in [-0.25, -0.2) is 0 Å². The molecule has 1 saturated heterocycles. The number of hydrogen-bond acceptors (Lipinski definition) is 10. The molecule has 0 aromatic heterocycles. The number of hydrogen-bond donors (Lipinski definition) is 4. The Balaban J connectivity index is 1.25. The summed E-state index contributed by atoms with van der Waals surface area (Å²) in [6.07, 6.45) is 8.62. The maximum Gasteiger partial charge on any atom is 0.294 e. The zero-order chi connectivity index (χ0) is 31.7. The highest BCUT2D eigenvalue weighted by Crippen LogP contribution is 2.36. The highest BCUT2D eigenvalue weighted by Gasteiger charge is 2.39. The second kappa shape index (κ2) is 19.6. The number of carbonyl (C=O) groups excluding carboxylic acids is 1. The number of carbonyl (C=O) groups is 1. The molecule has 0 bridgehead atoms. The van der Waals surface area contributed by atoms with Crippen molar-refractivity contribution in [2.24, 2.45) is 11.8 Å². The Morgan fingerprint density at radius 3 is 2.61 bits per heavy atom. The molecule has 2 fully saturated rings. The molecule has 44 heavy (non-hydrogen) atoms. The molecule has 1 aromatic rings. The molecule has 3 rings (SSSR count). The molecule has 1 aromatic carbocycles. The van der Waals surface area contributed by atoms with Gasteiger partial charge in [0.25, 0.3) is 5.09 Å². The lowest BCUT2D eigenvalue weighted by Crippen LogP contribution is -2.48. The van der Waals surface area contributed by atoms with Gasteiger partial charge < -0.3 is 35.1 Å². The average Bonchev–Trinajstić information content (AvgIpc) is 3.26. The van der Waals surface area contributed by atoms with Crippen LogP contribution in [0, 0.1) is 22.0 Å². The Hall–Kier alpha value is -2.74. The van der Waals surface area contributed by atoms with Gasteiger partial charge in [-0.3, -0.25) is 9.69 Å². The number of rotatable bonds is 19. The molecule has 0 spiro atoms. The van der Waals surface area contributed by atoms with E-state index in [1.54, 1.807) is 36.4 Å². The molecule has 4 N–H and O–H groups in total. The van der Waals surface area contributed by atoms with Crippen molar-refractivity contribution in [3.05, 3.63) is 63.7 Å². The summed E-state index contributed by atoms with van der Waals surface area (Å²) in [6, 6.07) is 6.93. The van der Waals surface area contributed by atoms with E-state index < -0.39 is 23.4 Å². The molecule has 13 heteroatoms. The van der Waals surface area contributed by atoms with Crippen LogP contribution in [-0.4, -0.2) is 113 Å². The van der Waals surface area contributed by atoms with Crippen molar-refractivity contribution in [3.8, 4) is 5.75 Å². The van der Waals surface area contributed by atoms with E-state index in [-0.39, 0.29) is 31.0 Å². The van der Waals surface area contributed by atoms with Gasteiger partial charge in [0.2, 0.25) is 5.91 Å². The molecule has 1 saturated carbocycles. The Morgan fingerprint density at radius 1 is 1.14 bits per heavy atom. The number of unbranched alkanes of at least 4 members (excludes halogenated alkanes) is 1. The maximum atomic E-state index is 12.2. The van der Waals surface area contributed by atoms with Crippen LogP contribution in [0.5, 0.6) is 5.75 Å². The lowest BCUT2D eigenvalue weighted by Gasteiger charge is -2.34. The lowest BCUT2D eigenvalue weighted by atomic mass is 9.89. The predicted molar refractivity (Wildman–Crippen MR) is 167 cm³/mol. The van der Waals surface area contributed by atoms with Crippen LogP contribution in [0.1, 0.15) is 38.5 Å². The van der Waals surface area contributed by atoms with Gasteiger partial charge in [0.1, 0.15) is 18.5 Å². The Labute approximate surface area is 264 Å². The summed E-state index contributed by atoms with van der Waals surface area (Å²) < 4.78 is 5.57. The van der Waals surface area contributed by atoms with E-state index in [0.717, 1.165) is 52.1 Å². The van der Waals surface area contributed by atoms with Crippen LogP contribution in [-0.2, 0) is 9.63 Å². The number of piperazine rings is 1. The molecule has 1 heterocycles. The first-order chi connectivity index (χ1) is 21.2. The summed E-state index contributed by atoms with van der Waals surface area (Å²) in [5.41, 5.74) is 0. The molecule has 5 atom stereocenters. The topological polar surface area (TPSA) is 158 Å². The van der Waals surface area contributed by atoms with E-state index in [1.165, 1.54) is 0 Å². The quantitative estimate of drug-likeness (QED) is 0.0768. The van der Waals surface area contributed by atoms with Gasteiger partial charge in [-0.15, -0.1) is 10.1 Å². The number of ether oxygens (including phenoxy) is 1. The zero-order valence-corrected chi connectivity index (χ0v) is 26.0. The predicted octanol–water partition coefficient (Wildman–Crippen LogP) is 2.44. The molecule has 0 radical (unpaired) electrons. The Morgan fingerprint density at radius 2 is 1.89 bits per heavy atom. The third-order valence-corrected chi connectivity index (χ3v) is 8.30. The monoisotopic (exact) mass is 638 g/mol. The molecule has 1 amide bonds. The number of aliphatic hydroxyl groups is 3. The number of aliphatic hydroxyl groups excluding tert-OH is 3. The number of benzene rings is 1. The maximum absolute atomic E-state index is 12.2. The summed E-state index contributed by atoms with van der Waals surface area (Å²) in [7, 11) is 0. The smallest absolute Gasteiger partial charge is 0.294 e. The van der Waals surface area contributed by atoms with Crippen molar-refractivity contribution >= 4 is 17.5 Å². The summed E-state index contributed by atoms with van der Waals surface area (Å²) in [5.74, 6) is 0.150. The molecule has 1 aliphatic carbocycles. The van der Waals surface area contributed by atoms with Gasteiger partial charge in [-0.1, -0.05) is 42.0 Å². The van der Waals surface area contributed by atoms with E-state index in [9.17, 15) is 30.2 Å². The number of nitrogens with zero attached hydrogens (tertiary/aromatic N) is 3. The van der Waals surface area contributed by atoms with Gasteiger partial charge in [0.15, 0.2) is 0 Å².